The molecule has 5 N–H and O–H groups in total. The summed E-state index contributed by atoms with van der Waals surface area (Å²) in [5, 5.41) is 37.5. The van der Waals surface area contributed by atoms with Crippen molar-refractivity contribution in [3.63, 3.8) is 0 Å². The quantitative estimate of drug-likeness (QED) is 0.390. The molecule has 1 aliphatic rings. The zero-order valence-corrected chi connectivity index (χ0v) is 13.2. The second-order valence-corrected chi connectivity index (χ2v) is 6.24. The van der Waals surface area contributed by atoms with Gasteiger partial charge in [-0.3, -0.25) is 0 Å². The highest BCUT2D eigenvalue weighted by molar-refractivity contribution is 7.99. The first-order valence-electron chi connectivity index (χ1n) is 7.20. The van der Waals surface area contributed by atoms with Gasteiger partial charge in [0, 0.05) is 5.75 Å². The average Bonchev–Trinajstić information content (AvgIpc) is 3.08. The van der Waals surface area contributed by atoms with Crippen molar-refractivity contribution in [3.05, 3.63) is 0 Å². The van der Waals surface area contributed by atoms with Crippen LogP contribution >= 0.6 is 11.8 Å². The Kier molecular flexibility index (Phi) is 4.64. The minimum Gasteiger partial charge on any atom is -0.394 e. The Hall–Kier alpha value is -1.53. The van der Waals surface area contributed by atoms with E-state index < -0.39 is 31.1 Å². The second kappa shape index (κ2) is 6.53. The number of nitrogens with two attached hydrogens (primary N) is 1. The van der Waals surface area contributed by atoms with E-state index in [1.807, 2.05) is 6.92 Å². The summed E-state index contributed by atoms with van der Waals surface area (Å²) >= 11 is 1.45. The van der Waals surface area contributed by atoms with Gasteiger partial charge in [0.25, 0.3) is 0 Å². The fraction of sp³-hybridized carbons (Fsp3) is 0.667. The highest BCUT2D eigenvalue weighted by atomic mass is 32.2. The van der Waals surface area contributed by atoms with Gasteiger partial charge in [0.1, 0.15) is 18.3 Å². The third-order valence-electron chi connectivity index (χ3n) is 3.52. The van der Waals surface area contributed by atoms with Gasteiger partial charge in [0.05, 0.1) is 6.61 Å². The molecule has 2 aromatic heterocycles. The van der Waals surface area contributed by atoms with E-state index in [0.717, 1.165) is 12.2 Å². The summed E-state index contributed by atoms with van der Waals surface area (Å²) in [6.07, 6.45) is -3.44. The number of thioether (sulfide) groups is 1. The first kappa shape index (κ1) is 16.3. The third kappa shape index (κ3) is 2.85. The van der Waals surface area contributed by atoms with Crippen LogP contribution in [-0.2, 0) is 4.74 Å². The molecule has 3 rings (SSSR count). The number of rotatable bonds is 5. The zero-order chi connectivity index (χ0) is 16.6. The first-order valence-corrected chi connectivity index (χ1v) is 8.19. The molecule has 0 unspecified atom stereocenters. The van der Waals surface area contributed by atoms with Gasteiger partial charge in [-0.05, 0) is 6.42 Å². The number of anilines is 1. The summed E-state index contributed by atoms with van der Waals surface area (Å²) in [5.41, 5.74) is 6.49. The van der Waals surface area contributed by atoms with Crippen LogP contribution in [0.3, 0.4) is 0 Å². The van der Waals surface area contributed by atoms with Gasteiger partial charge in [-0.25, -0.2) is 9.97 Å². The van der Waals surface area contributed by atoms with Crippen molar-refractivity contribution < 1.29 is 20.1 Å². The van der Waals surface area contributed by atoms with Crippen LogP contribution in [0.4, 0.5) is 5.82 Å². The van der Waals surface area contributed by atoms with Crippen LogP contribution < -0.4 is 5.73 Å². The van der Waals surface area contributed by atoms with Crippen LogP contribution in [0.15, 0.2) is 5.16 Å². The van der Waals surface area contributed by atoms with Crippen LogP contribution in [0, 0.1) is 0 Å². The number of ether oxygens (including phenoxy) is 1. The largest absolute Gasteiger partial charge is 0.394 e. The van der Waals surface area contributed by atoms with Crippen LogP contribution in [-0.4, -0.2) is 71.0 Å². The molecule has 0 amide bonds. The van der Waals surface area contributed by atoms with Gasteiger partial charge in [-0.1, -0.05) is 23.9 Å². The van der Waals surface area contributed by atoms with Crippen molar-refractivity contribution >= 4 is 28.7 Å². The Balaban J connectivity index is 1.99. The van der Waals surface area contributed by atoms with E-state index in [4.69, 9.17) is 10.5 Å². The van der Waals surface area contributed by atoms with E-state index in [-0.39, 0.29) is 5.82 Å². The predicted octanol–water partition coefficient (Wildman–Crippen LogP) is -1.08. The smallest absolute Gasteiger partial charge is 0.191 e. The summed E-state index contributed by atoms with van der Waals surface area (Å²) in [6, 6.07) is 0. The van der Waals surface area contributed by atoms with Crippen LogP contribution in [0.1, 0.15) is 19.6 Å². The Labute approximate surface area is 135 Å². The van der Waals surface area contributed by atoms with Gasteiger partial charge < -0.3 is 25.8 Å². The normalized spacial score (nSPS) is 27.8. The van der Waals surface area contributed by atoms with Crippen molar-refractivity contribution in [1.29, 1.82) is 0 Å². The molecule has 10 nitrogen and oxygen atoms in total. The number of hydrogen-bond donors (Lipinski definition) is 4. The van der Waals surface area contributed by atoms with Crippen molar-refractivity contribution in [1.82, 2.24) is 25.0 Å². The molecule has 0 aromatic carbocycles. The van der Waals surface area contributed by atoms with E-state index >= 15 is 0 Å². The molecule has 0 radical (unpaired) electrons. The summed E-state index contributed by atoms with van der Waals surface area (Å²) in [5.74, 6) is 1.02. The molecule has 0 bridgehead atoms. The van der Waals surface area contributed by atoms with Crippen LogP contribution in [0.5, 0.6) is 0 Å². The van der Waals surface area contributed by atoms with Crippen molar-refractivity contribution in [3.8, 4) is 0 Å². The van der Waals surface area contributed by atoms with Gasteiger partial charge >= 0.3 is 0 Å². The number of fused-ring (bicyclic) bond motifs is 1. The topological polar surface area (TPSA) is 152 Å². The fourth-order valence-electron chi connectivity index (χ4n) is 2.34. The van der Waals surface area contributed by atoms with Crippen molar-refractivity contribution in [2.45, 2.75) is 43.0 Å². The SMILES string of the molecule is CCCSc1nc(N)c2nnn([C@@H]3O[C@H](CO)[C@@H](O)[C@H]3O)c2n1. The van der Waals surface area contributed by atoms with Crippen LogP contribution in [0.2, 0.25) is 0 Å². The molecule has 126 valence electrons. The Bertz CT molecular complexity index is 697. The number of aliphatic hydroxyl groups excluding tert-OH is 3. The lowest BCUT2D eigenvalue weighted by atomic mass is 10.1. The Morgan fingerprint density at radius 3 is 2.74 bits per heavy atom. The lowest BCUT2D eigenvalue weighted by Gasteiger charge is -2.14. The molecule has 23 heavy (non-hydrogen) atoms. The average molecular weight is 342 g/mol. The first-order chi connectivity index (χ1) is 11.1. The Morgan fingerprint density at radius 1 is 1.30 bits per heavy atom. The van der Waals surface area contributed by atoms with E-state index in [2.05, 4.69) is 20.3 Å². The molecule has 11 heteroatoms. The molecule has 0 aliphatic carbocycles. The summed E-state index contributed by atoms with van der Waals surface area (Å²) in [4.78, 5) is 8.53. The fourth-order valence-corrected chi connectivity index (χ4v) is 3.04. The number of nitrogen functional groups attached to an aromatic ring is 1. The monoisotopic (exact) mass is 342 g/mol. The second-order valence-electron chi connectivity index (χ2n) is 5.17. The highest BCUT2D eigenvalue weighted by Gasteiger charge is 2.44. The maximum atomic E-state index is 10.1. The highest BCUT2D eigenvalue weighted by Crippen LogP contribution is 2.31. The minimum absolute atomic E-state index is 0.187. The maximum Gasteiger partial charge on any atom is 0.191 e. The Morgan fingerprint density at radius 2 is 2.09 bits per heavy atom. The number of aromatic nitrogens is 5. The van der Waals surface area contributed by atoms with E-state index in [1.54, 1.807) is 0 Å². The molecule has 0 saturated carbocycles. The molecule has 1 aliphatic heterocycles. The number of nitrogens with zero attached hydrogens (tertiary/aromatic N) is 5. The molecule has 2 aromatic rings. The van der Waals surface area contributed by atoms with E-state index in [0.29, 0.717) is 16.3 Å². The van der Waals surface area contributed by atoms with Gasteiger partial charge in [0.2, 0.25) is 0 Å². The third-order valence-corrected chi connectivity index (χ3v) is 4.58. The molecule has 1 saturated heterocycles. The van der Waals surface area contributed by atoms with Gasteiger partial charge in [-0.2, -0.15) is 4.68 Å². The molecule has 1 fully saturated rings. The summed E-state index contributed by atoms with van der Waals surface area (Å²) < 4.78 is 6.71. The zero-order valence-electron chi connectivity index (χ0n) is 12.4. The van der Waals surface area contributed by atoms with E-state index in [1.165, 1.54) is 16.4 Å². The van der Waals surface area contributed by atoms with Crippen molar-refractivity contribution in [2.24, 2.45) is 0 Å². The molecular weight excluding hydrogens is 324 g/mol. The molecule has 3 heterocycles. The number of aliphatic hydroxyl groups is 3. The maximum absolute atomic E-state index is 10.1. The predicted molar refractivity (Wildman–Crippen MR) is 81.6 cm³/mol. The standard InChI is InChI=1S/C12H18N6O4S/c1-2-3-23-12-14-9(13)6-10(15-12)18(17-16-6)11-8(21)7(20)5(4-19)22-11/h5,7-8,11,19-21H,2-4H2,1H3,(H2,13,14,15)/t5-,7-,8-,11-/m1/s1. The minimum atomic E-state index is -1.26. The van der Waals surface area contributed by atoms with Crippen LogP contribution in [0.25, 0.3) is 11.2 Å². The van der Waals surface area contributed by atoms with E-state index in [9.17, 15) is 15.3 Å². The van der Waals surface area contributed by atoms with Gasteiger partial charge in [-0.15, -0.1) is 5.10 Å². The lowest BCUT2D eigenvalue weighted by molar-refractivity contribution is -0.0575. The lowest BCUT2D eigenvalue weighted by Crippen LogP contribution is -2.33. The number of hydrogen-bond acceptors (Lipinski definition) is 10. The summed E-state index contributed by atoms with van der Waals surface area (Å²) in [6.45, 7) is 1.62. The molecule has 4 atom stereocenters. The van der Waals surface area contributed by atoms with Gasteiger partial charge in [0.15, 0.2) is 28.4 Å². The summed E-state index contributed by atoms with van der Waals surface area (Å²) in [7, 11) is 0. The van der Waals surface area contributed by atoms with Crippen molar-refractivity contribution in [2.75, 3.05) is 18.1 Å². The molecular formula is C12H18N6O4S. The molecule has 0 spiro atoms.